The smallest absolute Gasteiger partial charge is 0.261 e. The number of H-pyrrole nitrogens is 1. The van der Waals surface area contributed by atoms with Crippen LogP contribution < -0.4 is 4.72 Å². The van der Waals surface area contributed by atoms with E-state index in [9.17, 15) is 8.42 Å². The minimum Gasteiger partial charge on any atom is -0.359 e. The van der Waals surface area contributed by atoms with Gasteiger partial charge in [0.05, 0.1) is 16.5 Å². The fourth-order valence-electron chi connectivity index (χ4n) is 2.29. The van der Waals surface area contributed by atoms with E-state index < -0.39 is 10.0 Å². The molecule has 22 heavy (non-hydrogen) atoms. The molecule has 2 aromatic carbocycles. The Hall–Kier alpha value is -2.78. The summed E-state index contributed by atoms with van der Waals surface area (Å²) in [7, 11) is -3.72. The molecule has 6 heteroatoms. The SMILES string of the molecule is Cc1cc2cc(NS(=O)(=O)c3cccc(C#N)c3)ccc2[nH]1. The second-order valence-corrected chi connectivity index (χ2v) is 6.68. The average Bonchev–Trinajstić information content (AvgIpc) is 2.86. The summed E-state index contributed by atoms with van der Waals surface area (Å²) in [5.74, 6) is 0. The van der Waals surface area contributed by atoms with Gasteiger partial charge in [-0.15, -0.1) is 0 Å². The van der Waals surface area contributed by atoms with E-state index in [1.54, 1.807) is 24.3 Å². The van der Waals surface area contributed by atoms with Gasteiger partial charge in [-0.25, -0.2) is 8.42 Å². The van der Waals surface area contributed by atoms with Crippen molar-refractivity contribution in [2.24, 2.45) is 0 Å². The number of sulfonamides is 1. The van der Waals surface area contributed by atoms with Crippen molar-refractivity contribution >= 4 is 26.6 Å². The van der Waals surface area contributed by atoms with Crippen molar-refractivity contribution in [3.05, 3.63) is 59.8 Å². The molecular weight excluding hydrogens is 298 g/mol. The molecule has 0 spiro atoms. The molecule has 0 amide bonds. The molecule has 0 fully saturated rings. The zero-order valence-electron chi connectivity index (χ0n) is 11.8. The Bertz CT molecular complexity index is 998. The number of benzene rings is 2. The Kier molecular flexibility index (Phi) is 3.35. The van der Waals surface area contributed by atoms with Gasteiger partial charge in [0.25, 0.3) is 10.0 Å². The number of nitrogens with one attached hydrogen (secondary N) is 2. The van der Waals surface area contributed by atoms with Crippen LogP contribution >= 0.6 is 0 Å². The van der Waals surface area contributed by atoms with Crippen molar-refractivity contribution in [2.45, 2.75) is 11.8 Å². The first-order valence-electron chi connectivity index (χ1n) is 6.60. The number of hydrogen-bond acceptors (Lipinski definition) is 3. The second-order valence-electron chi connectivity index (χ2n) is 5.00. The summed E-state index contributed by atoms with van der Waals surface area (Å²) in [5, 5.41) is 9.80. The number of aromatic amines is 1. The molecule has 3 rings (SSSR count). The first-order valence-corrected chi connectivity index (χ1v) is 8.09. The molecule has 5 nitrogen and oxygen atoms in total. The molecule has 0 bridgehead atoms. The number of aromatic nitrogens is 1. The number of hydrogen-bond donors (Lipinski definition) is 2. The van der Waals surface area contributed by atoms with E-state index in [0.717, 1.165) is 16.6 Å². The number of nitriles is 1. The summed E-state index contributed by atoms with van der Waals surface area (Å²) >= 11 is 0. The molecule has 0 atom stereocenters. The van der Waals surface area contributed by atoms with E-state index in [0.29, 0.717) is 11.3 Å². The number of anilines is 1. The summed E-state index contributed by atoms with van der Waals surface area (Å²) in [6.07, 6.45) is 0. The second kappa shape index (κ2) is 5.20. The lowest BCUT2D eigenvalue weighted by atomic mass is 10.2. The van der Waals surface area contributed by atoms with Crippen molar-refractivity contribution in [1.82, 2.24) is 4.98 Å². The van der Waals surface area contributed by atoms with Crippen molar-refractivity contribution in [3.63, 3.8) is 0 Å². The third kappa shape index (κ3) is 2.67. The average molecular weight is 311 g/mol. The Morgan fingerprint density at radius 1 is 1.14 bits per heavy atom. The van der Waals surface area contributed by atoms with E-state index in [1.165, 1.54) is 12.1 Å². The molecule has 0 radical (unpaired) electrons. The van der Waals surface area contributed by atoms with Gasteiger partial charge in [0, 0.05) is 22.3 Å². The summed E-state index contributed by atoms with van der Waals surface area (Å²) in [6.45, 7) is 1.94. The van der Waals surface area contributed by atoms with E-state index in [4.69, 9.17) is 5.26 Å². The van der Waals surface area contributed by atoms with Gasteiger partial charge in [-0.05, 0) is 49.4 Å². The molecule has 1 aromatic heterocycles. The third-order valence-corrected chi connectivity index (χ3v) is 4.66. The highest BCUT2D eigenvalue weighted by atomic mass is 32.2. The maximum Gasteiger partial charge on any atom is 0.261 e. The van der Waals surface area contributed by atoms with Gasteiger partial charge in [-0.2, -0.15) is 5.26 Å². The van der Waals surface area contributed by atoms with Crippen LogP contribution in [0.5, 0.6) is 0 Å². The molecule has 110 valence electrons. The van der Waals surface area contributed by atoms with Gasteiger partial charge >= 0.3 is 0 Å². The number of fused-ring (bicyclic) bond motifs is 1. The number of rotatable bonds is 3. The quantitative estimate of drug-likeness (QED) is 0.779. The van der Waals surface area contributed by atoms with Crippen LogP contribution in [0.15, 0.2) is 53.4 Å². The van der Waals surface area contributed by atoms with E-state index in [-0.39, 0.29) is 4.90 Å². The van der Waals surface area contributed by atoms with Crippen LogP contribution in [0.3, 0.4) is 0 Å². The largest absolute Gasteiger partial charge is 0.359 e. The lowest BCUT2D eigenvalue weighted by Gasteiger charge is -2.08. The molecule has 2 N–H and O–H groups in total. The molecule has 1 heterocycles. The molecule has 3 aromatic rings. The predicted octanol–water partition coefficient (Wildman–Crippen LogP) is 3.15. The van der Waals surface area contributed by atoms with E-state index in [1.807, 2.05) is 25.1 Å². The Balaban J connectivity index is 1.96. The number of aryl methyl sites for hydroxylation is 1. The first kappa shape index (κ1) is 14.2. The fourth-order valence-corrected chi connectivity index (χ4v) is 3.38. The van der Waals surface area contributed by atoms with Crippen molar-refractivity contribution in [2.75, 3.05) is 4.72 Å². The fraction of sp³-hybridized carbons (Fsp3) is 0.0625. The monoisotopic (exact) mass is 311 g/mol. The normalized spacial score (nSPS) is 11.3. The summed E-state index contributed by atoms with van der Waals surface area (Å²) in [4.78, 5) is 3.25. The standard InChI is InChI=1S/C16H13N3O2S/c1-11-7-13-9-14(5-6-16(13)18-11)19-22(20,21)15-4-2-3-12(8-15)10-17/h2-9,18-19H,1H3. The van der Waals surface area contributed by atoms with Crippen LogP contribution in [-0.4, -0.2) is 13.4 Å². The summed E-state index contributed by atoms with van der Waals surface area (Å²) < 4.78 is 27.3. The van der Waals surface area contributed by atoms with Crippen LogP contribution in [0.1, 0.15) is 11.3 Å². The van der Waals surface area contributed by atoms with Crippen molar-refractivity contribution in [3.8, 4) is 6.07 Å². The third-order valence-electron chi connectivity index (χ3n) is 3.28. The van der Waals surface area contributed by atoms with Gasteiger partial charge in [-0.1, -0.05) is 6.07 Å². The van der Waals surface area contributed by atoms with Crippen LogP contribution in [0.4, 0.5) is 5.69 Å². The van der Waals surface area contributed by atoms with E-state index in [2.05, 4.69) is 9.71 Å². The number of nitrogens with zero attached hydrogens (tertiary/aromatic N) is 1. The topological polar surface area (TPSA) is 85.8 Å². The van der Waals surface area contributed by atoms with Crippen molar-refractivity contribution in [1.29, 1.82) is 5.26 Å². The van der Waals surface area contributed by atoms with Crippen LogP contribution in [0.25, 0.3) is 10.9 Å². The molecule has 0 saturated carbocycles. The Labute approximate surface area is 128 Å². The van der Waals surface area contributed by atoms with Gasteiger partial charge in [0.15, 0.2) is 0 Å². The summed E-state index contributed by atoms with van der Waals surface area (Å²) in [6, 6.07) is 15.1. The minimum atomic E-state index is -3.72. The van der Waals surface area contributed by atoms with Crippen LogP contribution in [-0.2, 0) is 10.0 Å². The summed E-state index contributed by atoms with van der Waals surface area (Å²) in [5.41, 5.74) is 2.75. The molecule has 0 aliphatic heterocycles. The first-order chi connectivity index (χ1) is 10.5. The maximum atomic E-state index is 12.4. The Morgan fingerprint density at radius 3 is 2.73 bits per heavy atom. The highest BCUT2D eigenvalue weighted by Crippen LogP contribution is 2.22. The van der Waals surface area contributed by atoms with Gasteiger partial charge in [0.1, 0.15) is 0 Å². The van der Waals surface area contributed by atoms with Crippen LogP contribution in [0.2, 0.25) is 0 Å². The molecular formula is C16H13N3O2S. The van der Waals surface area contributed by atoms with Gasteiger partial charge in [-0.3, -0.25) is 4.72 Å². The highest BCUT2D eigenvalue weighted by molar-refractivity contribution is 7.92. The lowest BCUT2D eigenvalue weighted by Crippen LogP contribution is -2.12. The molecule has 0 aliphatic rings. The van der Waals surface area contributed by atoms with Gasteiger partial charge < -0.3 is 4.98 Å². The zero-order valence-corrected chi connectivity index (χ0v) is 12.6. The van der Waals surface area contributed by atoms with Crippen molar-refractivity contribution < 1.29 is 8.42 Å². The predicted molar refractivity (Wildman–Crippen MR) is 85.0 cm³/mol. The lowest BCUT2D eigenvalue weighted by molar-refractivity contribution is 0.601. The zero-order chi connectivity index (χ0) is 15.7. The minimum absolute atomic E-state index is 0.0666. The van der Waals surface area contributed by atoms with E-state index >= 15 is 0 Å². The molecule has 0 unspecified atom stereocenters. The maximum absolute atomic E-state index is 12.4. The molecule has 0 saturated heterocycles. The highest BCUT2D eigenvalue weighted by Gasteiger charge is 2.15. The molecule has 0 aliphatic carbocycles. The van der Waals surface area contributed by atoms with Gasteiger partial charge in [0.2, 0.25) is 0 Å². The Morgan fingerprint density at radius 2 is 1.95 bits per heavy atom. The van der Waals surface area contributed by atoms with Crippen LogP contribution in [0, 0.1) is 18.3 Å².